The van der Waals surface area contributed by atoms with E-state index in [0.29, 0.717) is 24.4 Å². The van der Waals surface area contributed by atoms with E-state index in [-0.39, 0.29) is 11.6 Å². The Balaban J connectivity index is 1.57. The molecule has 0 unspecified atom stereocenters. The quantitative estimate of drug-likeness (QED) is 0.871. The number of ether oxygens (including phenoxy) is 2. The molecule has 126 valence electrons. The van der Waals surface area contributed by atoms with E-state index in [1.165, 1.54) is 25.7 Å². The number of hydrogen-bond acceptors (Lipinski definition) is 3. The van der Waals surface area contributed by atoms with Crippen LogP contribution >= 0.6 is 0 Å². The summed E-state index contributed by atoms with van der Waals surface area (Å²) in [5.74, 6) is 1.34. The van der Waals surface area contributed by atoms with Crippen molar-refractivity contribution in [3.63, 3.8) is 0 Å². The van der Waals surface area contributed by atoms with Crippen LogP contribution in [-0.2, 0) is 9.47 Å². The second-order valence-corrected chi connectivity index (χ2v) is 7.30. The number of fused-ring (bicyclic) bond motifs is 1. The van der Waals surface area contributed by atoms with Crippen molar-refractivity contribution in [1.29, 1.82) is 0 Å². The summed E-state index contributed by atoms with van der Waals surface area (Å²) in [7, 11) is 1.74. The Hall–Kier alpha value is -0.810. The molecule has 0 aromatic heterocycles. The molecule has 0 aromatic rings. The average Bonchev–Trinajstić information content (AvgIpc) is 2.91. The molecule has 2 amide bonds. The van der Waals surface area contributed by atoms with Crippen molar-refractivity contribution in [2.24, 2.45) is 11.8 Å². The molecule has 1 saturated carbocycles. The molecule has 2 heterocycles. The highest BCUT2D eigenvalue weighted by atomic mass is 16.5. The lowest BCUT2D eigenvalue weighted by atomic mass is 9.80. The van der Waals surface area contributed by atoms with Gasteiger partial charge < -0.3 is 19.7 Å². The topological polar surface area (TPSA) is 50.8 Å². The van der Waals surface area contributed by atoms with Crippen LogP contribution in [0.15, 0.2) is 0 Å². The number of nitrogens with one attached hydrogen (secondary N) is 1. The summed E-state index contributed by atoms with van der Waals surface area (Å²) in [5, 5.41) is 3.15. The molecule has 2 saturated heterocycles. The molecular weight excluding hydrogens is 280 g/mol. The number of hydrogen-bond donors (Lipinski definition) is 1. The zero-order valence-corrected chi connectivity index (χ0v) is 14.0. The number of carbonyl (C=O) groups is 1. The maximum Gasteiger partial charge on any atom is 0.317 e. The third-order valence-corrected chi connectivity index (χ3v) is 6.06. The summed E-state index contributed by atoms with van der Waals surface area (Å²) in [6, 6.07) is 0.557. The summed E-state index contributed by atoms with van der Waals surface area (Å²) in [6.07, 6.45) is 6.75. The fourth-order valence-corrected chi connectivity index (χ4v) is 4.54. The summed E-state index contributed by atoms with van der Waals surface area (Å²) >= 11 is 0. The number of methoxy groups -OCH3 is 1. The Morgan fingerprint density at radius 3 is 2.77 bits per heavy atom. The number of urea groups is 1. The van der Waals surface area contributed by atoms with Gasteiger partial charge in [-0.25, -0.2) is 4.79 Å². The van der Waals surface area contributed by atoms with Gasteiger partial charge in [0.15, 0.2) is 0 Å². The third kappa shape index (κ3) is 3.11. The Labute approximate surface area is 133 Å². The SMILES string of the molecule is COC1(CNC(=O)N2C[C@H](C)[C@@H]3CCCC[C@@H]32)CCOCC1. The van der Waals surface area contributed by atoms with E-state index in [1.807, 2.05) is 0 Å². The van der Waals surface area contributed by atoms with Gasteiger partial charge in [-0.3, -0.25) is 0 Å². The van der Waals surface area contributed by atoms with Crippen LogP contribution in [0.25, 0.3) is 0 Å². The van der Waals surface area contributed by atoms with E-state index in [2.05, 4.69) is 17.1 Å². The first-order valence-electron chi connectivity index (χ1n) is 8.82. The van der Waals surface area contributed by atoms with Gasteiger partial charge in [0.1, 0.15) is 0 Å². The van der Waals surface area contributed by atoms with Gasteiger partial charge in [-0.05, 0) is 24.7 Å². The molecule has 0 bridgehead atoms. The molecule has 0 radical (unpaired) electrons. The first-order chi connectivity index (χ1) is 10.7. The number of amides is 2. The molecule has 3 atom stereocenters. The largest absolute Gasteiger partial charge is 0.381 e. The van der Waals surface area contributed by atoms with Crippen LogP contribution in [0.3, 0.4) is 0 Å². The van der Waals surface area contributed by atoms with Crippen molar-refractivity contribution in [3.05, 3.63) is 0 Å². The minimum Gasteiger partial charge on any atom is -0.381 e. The summed E-state index contributed by atoms with van der Waals surface area (Å²) in [4.78, 5) is 14.8. The van der Waals surface area contributed by atoms with Crippen molar-refractivity contribution in [1.82, 2.24) is 10.2 Å². The molecule has 0 aromatic carbocycles. The molecule has 3 aliphatic rings. The van der Waals surface area contributed by atoms with Crippen molar-refractivity contribution in [2.45, 2.75) is 57.1 Å². The Morgan fingerprint density at radius 1 is 1.32 bits per heavy atom. The van der Waals surface area contributed by atoms with Crippen LogP contribution < -0.4 is 5.32 Å². The first-order valence-corrected chi connectivity index (χ1v) is 8.82. The molecule has 3 rings (SSSR count). The summed E-state index contributed by atoms with van der Waals surface area (Å²) < 4.78 is 11.1. The second-order valence-electron chi connectivity index (χ2n) is 7.30. The lowest BCUT2D eigenvalue weighted by Gasteiger charge is -2.37. The molecule has 3 fully saturated rings. The van der Waals surface area contributed by atoms with Gasteiger partial charge in [0, 0.05) is 52.3 Å². The molecule has 1 N–H and O–H groups in total. The number of carbonyl (C=O) groups excluding carboxylic acids is 1. The highest BCUT2D eigenvalue weighted by Gasteiger charge is 2.43. The Bertz CT molecular complexity index is 395. The van der Waals surface area contributed by atoms with Crippen LogP contribution in [0.1, 0.15) is 45.4 Å². The maximum atomic E-state index is 12.7. The zero-order valence-electron chi connectivity index (χ0n) is 14.0. The van der Waals surface area contributed by atoms with Crippen LogP contribution in [0, 0.1) is 11.8 Å². The number of likely N-dealkylation sites (tertiary alicyclic amines) is 1. The van der Waals surface area contributed by atoms with Crippen molar-refractivity contribution >= 4 is 6.03 Å². The zero-order chi connectivity index (χ0) is 15.6. The van der Waals surface area contributed by atoms with Gasteiger partial charge in [-0.15, -0.1) is 0 Å². The van der Waals surface area contributed by atoms with Crippen molar-refractivity contribution in [3.8, 4) is 0 Å². The molecule has 0 spiro atoms. The predicted molar refractivity (Wildman–Crippen MR) is 84.8 cm³/mol. The molecule has 1 aliphatic carbocycles. The molecular formula is C17H30N2O3. The van der Waals surface area contributed by atoms with Crippen molar-refractivity contribution in [2.75, 3.05) is 33.4 Å². The van der Waals surface area contributed by atoms with Crippen LogP contribution in [-0.4, -0.2) is 56.0 Å². The standard InChI is InChI=1S/C17H30N2O3/c1-13-11-19(15-6-4-3-5-14(13)15)16(20)18-12-17(21-2)7-9-22-10-8-17/h13-15H,3-12H2,1-2H3,(H,18,20)/t13-,14-,15-/m0/s1. The lowest BCUT2D eigenvalue weighted by molar-refractivity contribution is -0.0865. The van der Waals surface area contributed by atoms with E-state index in [4.69, 9.17) is 9.47 Å². The molecule has 2 aliphatic heterocycles. The van der Waals surface area contributed by atoms with Gasteiger partial charge in [0.2, 0.25) is 0 Å². The average molecular weight is 310 g/mol. The minimum atomic E-state index is -0.245. The lowest BCUT2D eigenvalue weighted by Crippen LogP contribution is -2.52. The number of rotatable bonds is 3. The van der Waals surface area contributed by atoms with Crippen LogP contribution in [0.5, 0.6) is 0 Å². The highest BCUT2D eigenvalue weighted by molar-refractivity contribution is 5.75. The predicted octanol–water partition coefficient (Wildman–Crippen LogP) is 2.40. The molecule has 22 heavy (non-hydrogen) atoms. The maximum absolute atomic E-state index is 12.7. The van der Waals surface area contributed by atoms with E-state index in [1.54, 1.807) is 7.11 Å². The number of nitrogens with zero attached hydrogens (tertiary/aromatic N) is 1. The van der Waals surface area contributed by atoms with Crippen LogP contribution in [0.2, 0.25) is 0 Å². The Kier molecular flexibility index (Phi) is 4.93. The fourth-order valence-electron chi connectivity index (χ4n) is 4.54. The van der Waals surface area contributed by atoms with Gasteiger partial charge in [-0.2, -0.15) is 0 Å². The minimum absolute atomic E-state index is 0.101. The van der Waals surface area contributed by atoms with E-state index in [0.717, 1.165) is 32.6 Å². The van der Waals surface area contributed by atoms with Crippen LogP contribution in [0.4, 0.5) is 4.79 Å². The smallest absolute Gasteiger partial charge is 0.317 e. The normalized spacial score (nSPS) is 34.3. The Morgan fingerprint density at radius 2 is 2.05 bits per heavy atom. The van der Waals surface area contributed by atoms with E-state index >= 15 is 0 Å². The highest BCUT2D eigenvalue weighted by Crippen LogP contribution is 2.39. The van der Waals surface area contributed by atoms with E-state index in [9.17, 15) is 4.79 Å². The fraction of sp³-hybridized carbons (Fsp3) is 0.941. The van der Waals surface area contributed by atoms with Gasteiger partial charge >= 0.3 is 6.03 Å². The first kappa shape index (κ1) is 16.1. The molecule has 5 nitrogen and oxygen atoms in total. The molecule has 5 heteroatoms. The second kappa shape index (κ2) is 6.75. The third-order valence-electron chi connectivity index (χ3n) is 6.06. The van der Waals surface area contributed by atoms with Gasteiger partial charge in [0.05, 0.1) is 5.60 Å². The van der Waals surface area contributed by atoms with Gasteiger partial charge in [-0.1, -0.05) is 19.8 Å². The van der Waals surface area contributed by atoms with Gasteiger partial charge in [0.25, 0.3) is 0 Å². The summed E-state index contributed by atoms with van der Waals surface area (Å²) in [6.45, 7) is 5.23. The van der Waals surface area contributed by atoms with Crippen molar-refractivity contribution < 1.29 is 14.3 Å². The monoisotopic (exact) mass is 310 g/mol. The van der Waals surface area contributed by atoms with E-state index < -0.39 is 0 Å². The summed E-state index contributed by atoms with van der Waals surface area (Å²) in [5.41, 5.74) is -0.245.